The second-order valence-corrected chi connectivity index (χ2v) is 10.1. The van der Waals surface area contributed by atoms with Gasteiger partial charge in [-0.25, -0.2) is 0 Å². The number of unbranched alkanes of at least 4 members (excludes halogenated alkanes) is 17. The molecular formula is C32H64. The molecule has 0 saturated carbocycles. The van der Waals surface area contributed by atoms with Crippen LogP contribution in [0.2, 0.25) is 0 Å². The van der Waals surface area contributed by atoms with Crippen LogP contribution in [0.15, 0.2) is 24.3 Å². The molecule has 0 bridgehead atoms. The Morgan fingerprint density at radius 1 is 0.344 bits per heavy atom. The molecule has 0 aliphatic carbocycles. The first-order valence-corrected chi connectivity index (χ1v) is 14.9. The van der Waals surface area contributed by atoms with Crippen LogP contribution < -0.4 is 0 Å². The van der Waals surface area contributed by atoms with Crippen molar-refractivity contribution in [2.45, 2.75) is 182 Å². The minimum Gasteiger partial charge on any atom is -0.0999 e. The van der Waals surface area contributed by atoms with Crippen LogP contribution in [0, 0.1) is 0 Å². The van der Waals surface area contributed by atoms with Gasteiger partial charge in [-0.1, -0.05) is 161 Å². The van der Waals surface area contributed by atoms with E-state index in [1.165, 1.54) is 159 Å². The highest BCUT2D eigenvalue weighted by molar-refractivity contribution is 4.93. The molecule has 0 heteroatoms. The van der Waals surface area contributed by atoms with Gasteiger partial charge < -0.3 is 0 Å². The van der Waals surface area contributed by atoms with Gasteiger partial charge >= 0.3 is 0 Å². The average Bonchev–Trinajstić information content (AvgIpc) is 2.80. The van der Waals surface area contributed by atoms with Gasteiger partial charge in [0.1, 0.15) is 0 Å². The van der Waals surface area contributed by atoms with E-state index in [1.54, 1.807) is 0 Å². The highest BCUT2D eigenvalue weighted by Crippen LogP contribution is 2.16. The molecule has 0 aliphatic heterocycles. The van der Waals surface area contributed by atoms with Crippen molar-refractivity contribution in [1.82, 2.24) is 0 Å². The van der Waals surface area contributed by atoms with Crippen molar-refractivity contribution in [3.63, 3.8) is 0 Å². The Balaban J connectivity index is 0. The summed E-state index contributed by atoms with van der Waals surface area (Å²) in [5, 5.41) is 0. The molecule has 0 saturated heterocycles. The number of rotatable bonds is 24. The maximum atomic E-state index is 4.19. The number of hydrogen-bond donors (Lipinski definition) is 0. The predicted molar refractivity (Wildman–Crippen MR) is 152 cm³/mol. The van der Waals surface area contributed by atoms with Crippen LogP contribution in [-0.2, 0) is 0 Å². The van der Waals surface area contributed by atoms with Crippen LogP contribution in [0.1, 0.15) is 182 Å². The fraction of sp³-hybridized carbons (Fsp3) is 0.875. The summed E-state index contributed by atoms with van der Waals surface area (Å²) in [4.78, 5) is 0. The summed E-state index contributed by atoms with van der Waals surface area (Å²) in [7, 11) is 0. The molecule has 0 radical (unpaired) electrons. The van der Waals surface area contributed by atoms with Crippen LogP contribution in [0.5, 0.6) is 0 Å². The van der Waals surface area contributed by atoms with Gasteiger partial charge in [0.25, 0.3) is 0 Å². The first kappa shape index (κ1) is 33.7. The van der Waals surface area contributed by atoms with E-state index in [2.05, 4.69) is 40.9 Å². The van der Waals surface area contributed by atoms with Crippen molar-refractivity contribution < 1.29 is 0 Å². The molecule has 0 spiro atoms. The molecule has 0 unspecified atom stereocenters. The summed E-state index contributed by atoms with van der Waals surface area (Å²) >= 11 is 0. The lowest BCUT2D eigenvalue weighted by atomic mass is 10.0. The van der Waals surface area contributed by atoms with Gasteiger partial charge in [-0.05, 0) is 44.9 Å². The predicted octanol–water partition coefficient (Wildman–Crippen LogP) is 12.5. The lowest BCUT2D eigenvalue weighted by Crippen LogP contribution is -1.85. The van der Waals surface area contributed by atoms with E-state index in [1.807, 2.05) is 0 Å². The second-order valence-electron chi connectivity index (χ2n) is 10.1. The van der Waals surface area contributed by atoms with Gasteiger partial charge in [-0.3, -0.25) is 0 Å². The Morgan fingerprint density at radius 3 is 0.906 bits per heavy atom. The van der Waals surface area contributed by atoms with Gasteiger partial charge in [-0.2, -0.15) is 0 Å². The van der Waals surface area contributed by atoms with E-state index < -0.39 is 0 Å². The smallest absolute Gasteiger partial charge is 0.0323 e. The Morgan fingerprint density at radius 2 is 0.594 bits per heavy atom. The van der Waals surface area contributed by atoms with E-state index in [0.29, 0.717) is 0 Å². The van der Waals surface area contributed by atoms with Crippen molar-refractivity contribution in [3.8, 4) is 0 Å². The second kappa shape index (κ2) is 30.5. The van der Waals surface area contributed by atoms with Crippen molar-refractivity contribution >= 4 is 0 Å². The van der Waals surface area contributed by atoms with Gasteiger partial charge in [0.15, 0.2) is 0 Å². The third-order valence-electron chi connectivity index (χ3n) is 6.65. The van der Waals surface area contributed by atoms with Crippen LogP contribution in [0.25, 0.3) is 0 Å². The van der Waals surface area contributed by atoms with Crippen LogP contribution >= 0.6 is 0 Å². The molecule has 0 aromatic rings. The highest BCUT2D eigenvalue weighted by Gasteiger charge is 1.96. The van der Waals surface area contributed by atoms with Gasteiger partial charge in [0, 0.05) is 0 Å². The third-order valence-corrected chi connectivity index (χ3v) is 6.65. The lowest BCUT2D eigenvalue weighted by Gasteiger charge is -2.05. The normalized spacial score (nSPS) is 10.6. The Bertz CT molecular complexity index is 364. The zero-order valence-corrected chi connectivity index (χ0v) is 23.4. The van der Waals surface area contributed by atoms with E-state index in [-0.39, 0.29) is 0 Å². The molecular weight excluding hydrogens is 384 g/mol. The number of allylic oxidation sites excluding steroid dienone is 2. The topological polar surface area (TPSA) is 0 Å². The standard InChI is InChI=1S/2C16H32/c1-4-6-7-8-9-10-11-12-13-14-15-16(3)5-2;1-4-6-8-10-11-13-15-16(3)14-12-9-7-5-2/h2*3-15H2,1-2H3. The summed E-state index contributed by atoms with van der Waals surface area (Å²) in [5.41, 5.74) is 2.92. The minimum absolute atomic E-state index is 1.16. The summed E-state index contributed by atoms with van der Waals surface area (Å²) in [6.07, 6.45) is 33.1. The Hall–Kier alpha value is -0.520. The zero-order valence-electron chi connectivity index (χ0n) is 23.4. The molecule has 0 aromatic carbocycles. The van der Waals surface area contributed by atoms with E-state index in [0.717, 1.165) is 6.42 Å². The van der Waals surface area contributed by atoms with E-state index in [9.17, 15) is 0 Å². The first-order chi connectivity index (χ1) is 15.6. The molecule has 192 valence electrons. The van der Waals surface area contributed by atoms with Crippen LogP contribution in [-0.4, -0.2) is 0 Å². The van der Waals surface area contributed by atoms with Crippen molar-refractivity contribution in [1.29, 1.82) is 0 Å². The zero-order chi connectivity index (χ0) is 24.1. The van der Waals surface area contributed by atoms with Gasteiger partial charge in [-0.15, -0.1) is 0 Å². The van der Waals surface area contributed by atoms with Crippen LogP contribution in [0.4, 0.5) is 0 Å². The molecule has 0 heterocycles. The maximum absolute atomic E-state index is 4.19. The molecule has 0 aliphatic rings. The Labute approximate surface area is 206 Å². The van der Waals surface area contributed by atoms with Crippen LogP contribution in [0.3, 0.4) is 0 Å². The highest BCUT2D eigenvalue weighted by atomic mass is 14.0. The molecule has 0 atom stereocenters. The third kappa shape index (κ3) is 31.7. The molecule has 0 rings (SSSR count). The molecule has 0 aromatic heterocycles. The fourth-order valence-electron chi connectivity index (χ4n) is 4.12. The van der Waals surface area contributed by atoms with Gasteiger partial charge in [0.2, 0.25) is 0 Å². The van der Waals surface area contributed by atoms with Gasteiger partial charge in [0.05, 0.1) is 0 Å². The molecule has 0 fully saturated rings. The monoisotopic (exact) mass is 449 g/mol. The summed E-state index contributed by atoms with van der Waals surface area (Å²) < 4.78 is 0. The summed E-state index contributed by atoms with van der Waals surface area (Å²) in [6, 6.07) is 0. The van der Waals surface area contributed by atoms with E-state index >= 15 is 0 Å². The van der Waals surface area contributed by atoms with E-state index in [4.69, 9.17) is 0 Å². The maximum Gasteiger partial charge on any atom is -0.0323 e. The minimum atomic E-state index is 1.16. The quantitative estimate of drug-likeness (QED) is 0.102. The SMILES string of the molecule is C=C(CC)CCCCCCCCCCCC.C=C(CCCCCC)CCCCCCCC. The van der Waals surface area contributed by atoms with Crippen molar-refractivity contribution in [2.75, 3.05) is 0 Å². The molecule has 0 nitrogen and oxygen atoms in total. The summed E-state index contributed by atoms with van der Waals surface area (Å²) in [6.45, 7) is 17.3. The van der Waals surface area contributed by atoms with Crippen molar-refractivity contribution in [2.24, 2.45) is 0 Å². The van der Waals surface area contributed by atoms with Crippen molar-refractivity contribution in [3.05, 3.63) is 24.3 Å². The lowest BCUT2D eigenvalue weighted by molar-refractivity contribution is 0.555. The molecule has 32 heavy (non-hydrogen) atoms. The largest absolute Gasteiger partial charge is 0.0999 e. The summed E-state index contributed by atoms with van der Waals surface area (Å²) in [5.74, 6) is 0. The molecule has 0 N–H and O–H groups in total. The number of hydrogen-bond acceptors (Lipinski definition) is 0. The fourth-order valence-corrected chi connectivity index (χ4v) is 4.12. The molecule has 0 amide bonds. The average molecular weight is 449 g/mol. The Kier molecular flexibility index (Phi) is 32.1. The first-order valence-electron chi connectivity index (χ1n) is 14.9.